The molecule has 3 heterocycles. The van der Waals surface area contributed by atoms with Crippen molar-refractivity contribution in [1.82, 2.24) is 9.78 Å². The number of hydrogen-bond acceptors (Lipinski definition) is 2. The molecule has 1 N–H and O–H groups in total. The first kappa shape index (κ1) is 17.8. The molecular weight excluding hydrogens is 358 g/mol. The Morgan fingerprint density at radius 3 is 2.66 bits per heavy atom. The van der Waals surface area contributed by atoms with E-state index in [0.29, 0.717) is 10.6 Å². The number of allylic oxidation sites excluding steroid dienone is 2. The van der Waals surface area contributed by atoms with Gasteiger partial charge in [0.25, 0.3) is 5.56 Å². The lowest BCUT2D eigenvalue weighted by Crippen LogP contribution is -2.34. The van der Waals surface area contributed by atoms with Gasteiger partial charge in [0.15, 0.2) is 0 Å². The zero-order valence-corrected chi connectivity index (χ0v) is 16.9. The van der Waals surface area contributed by atoms with Gasteiger partial charge in [0.05, 0.1) is 16.3 Å². The number of aromatic amines is 1. The minimum Gasteiger partial charge on any atom is -0.344 e. The van der Waals surface area contributed by atoms with E-state index in [2.05, 4.69) is 54.7 Å². The van der Waals surface area contributed by atoms with Crippen LogP contribution in [0.5, 0.6) is 0 Å². The van der Waals surface area contributed by atoms with Crippen molar-refractivity contribution in [2.45, 2.75) is 32.1 Å². The quantitative estimate of drug-likeness (QED) is 0.739. The monoisotopic (exact) mass is 383 g/mol. The summed E-state index contributed by atoms with van der Waals surface area (Å²) in [7, 11) is 0. The van der Waals surface area contributed by atoms with Crippen molar-refractivity contribution in [2.24, 2.45) is 0 Å². The highest BCUT2D eigenvalue weighted by atomic mass is 16.1. The number of H-pyrrole nitrogens is 1. The molecule has 2 aliphatic heterocycles. The summed E-state index contributed by atoms with van der Waals surface area (Å²) in [6, 6.07) is 16.2. The van der Waals surface area contributed by atoms with Crippen LogP contribution in [0.2, 0.25) is 0 Å². The van der Waals surface area contributed by atoms with Crippen LogP contribution in [0.3, 0.4) is 0 Å². The topological polar surface area (TPSA) is 41.0 Å². The zero-order chi connectivity index (χ0) is 20.2. The summed E-state index contributed by atoms with van der Waals surface area (Å²) in [5.41, 5.74) is 6.05. The van der Waals surface area contributed by atoms with E-state index in [9.17, 15) is 4.79 Å². The number of benzene rings is 2. The highest BCUT2D eigenvalue weighted by Gasteiger charge is 2.41. The summed E-state index contributed by atoms with van der Waals surface area (Å²) >= 11 is 0. The molecule has 0 amide bonds. The van der Waals surface area contributed by atoms with E-state index in [0.717, 1.165) is 25.1 Å². The Balaban J connectivity index is 1.65. The van der Waals surface area contributed by atoms with Crippen LogP contribution >= 0.6 is 0 Å². The smallest absolute Gasteiger partial charge is 0.279 e. The lowest BCUT2D eigenvalue weighted by atomic mass is 9.83. The van der Waals surface area contributed by atoms with Gasteiger partial charge in [-0.2, -0.15) is 0 Å². The van der Waals surface area contributed by atoms with Crippen LogP contribution in [0.15, 0.2) is 65.1 Å². The summed E-state index contributed by atoms with van der Waals surface area (Å²) in [4.78, 5) is 15.4. The highest BCUT2D eigenvalue weighted by Crippen LogP contribution is 2.50. The van der Waals surface area contributed by atoms with Crippen molar-refractivity contribution in [3.05, 3.63) is 92.4 Å². The number of anilines is 1. The lowest BCUT2D eigenvalue weighted by Gasteiger charge is -2.30. The van der Waals surface area contributed by atoms with Crippen LogP contribution < -0.4 is 21.0 Å². The maximum absolute atomic E-state index is 13.0. The fourth-order valence-corrected chi connectivity index (χ4v) is 4.76. The Morgan fingerprint density at radius 1 is 1.07 bits per heavy atom. The number of nitrogens with one attached hydrogen (secondary N) is 1. The molecule has 4 heteroatoms. The summed E-state index contributed by atoms with van der Waals surface area (Å²) < 4.78 is 1.56. The zero-order valence-electron chi connectivity index (χ0n) is 16.9. The van der Waals surface area contributed by atoms with E-state index >= 15 is 0 Å². The van der Waals surface area contributed by atoms with Gasteiger partial charge < -0.3 is 4.90 Å². The number of nitrogens with zero attached hydrogens (tertiary/aromatic N) is 2. The number of para-hydroxylation sites is 2. The second kappa shape index (κ2) is 6.38. The minimum absolute atomic E-state index is 0.0781. The molecule has 146 valence electrons. The van der Waals surface area contributed by atoms with Crippen LogP contribution in [0.25, 0.3) is 18.3 Å². The van der Waals surface area contributed by atoms with Crippen molar-refractivity contribution in [3.8, 4) is 5.69 Å². The fraction of sp³-hybridized carbons (Fsp3) is 0.240. The number of aromatic nitrogens is 2. The van der Waals surface area contributed by atoms with Gasteiger partial charge in [0.2, 0.25) is 0 Å². The number of aryl methyl sites for hydroxylation is 1. The molecule has 2 aromatic carbocycles. The molecule has 5 rings (SSSR count). The summed E-state index contributed by atoms with van der Waals surface area (Å²) in [5.74, 6) is 0. The second-order valence-electron chi connectivity index (χ2n) is 8.39. The van der Waals surface area contributed by atoms with Gasteiger partial charge in [-0.15, -0.1) is 0 Å². The first-order valence-electron chi connectivity index (χ1n) is 10.2. The van der Waals surface area contributed by atoms with E-state index < -0.39 is 0 Å². The van der Waals surface area contributed by atoms with E-state index in [1.807, 2.05) is 36.4 Å². The molecule has 3 aromatic rings. The first-order chi connectivity index (χ1) is 14.0. The van der Waals surface area contributed by atoms with Crippen LogP contribution in [0, 0.1) is 0 Å². The average molecular weight is 383 g/mol. The molecule has 2 aliphatic rings. The van der Waals surface area contributed by atoms with Crippen molar-refractivity contribution in [3.63, 3.8) is 0 Å². The molecular formula is C25H25N3O. The van der Waals surface area contributed by atoms with Crippen LogP contribution in [-0.2, 0) is 11.8 Å². The largest absolute Gasteiger partial charge is 0.344 e. The normalized spacial score (nSPS) is 19.0. The Kier molecular flexibility index (Phi) is 3.91. The Bertz CT molecular complexity index is 1290. The molecule has 0 aliphatic carbocycles. The second-order valence-corrected chi connectivity index (χ2v) is 8.39. The Hall–Kier alpha value is -3.27. The minimum atomic E-state index is -0.0950. The molecule has 4 nitrogen and oxygen atoms in total. The standard InChI is InChI=1S/C25H25N3O/c1-17-20(24(29)28(26-17)19-11-5-4-6-12-19)14-15-22-25(2,3)21-13-7-9-18-10-8-16-27(22)23(18)21/h4-7,9,11-15,26H,1,8,10,16H2,2-3H3/b20-14-,22-15?. The van der Waals surface area contributed by atoms with Gasteiger partial charge >= 0.3 is 0 Å². The molecule has 0 radical (unpaired) electrons. The number of hydrogen-bond donors (Lipinski definition) is 1. The van der Waals surface area contributed by atoms with Crippen LogP contribution in [0.1, 0.15) is 31.4 Å². The van der Waals surface area contributed by atoms with Crippen molar-refractivity contribution in [1.29, 1.82) is 0 Å². The molecule has 0 saturated carbocycles. The van der Waals surface area contributed by atoms with Gasteiger partial charge in [-0.25, -0.2) is 4.68 Å². The molecule has 0 saturated heterocycles. The number of rotatable bonds is 2. The molecule has 0 bridgehead atoms. The Labute approximate surface area is 170 Å². The predicted molar refractivity (Wildman–Crippen MR) is 119 cm³/mol. The maximum Gasteiger partial charge on any atom is 0.279 e. The van der Waals surface area contributed by atoms with Crippen LogP contribution in [0.4, 0.5) is 5.69 Å². The van der Waals surface area contributed by atoms with Gasteiger partial charge in [0.1, 0.15) is 0 Å². The van der Waals surface area contributed by atoms with E-state index in [-0.39, 0.29) is 11.0 Å². The van der Waals surface area contributed by atoms with Gasteiger partial charge in [-0.05, 0) is 48.3 Å². The third-order valence-electron chi connectivity index (χ3n) is 6.25. The average Bonchev–Trinajstić information content (AvgIpc) is 3.13. The summed E-state index contributed by atoms with van der Waals surface area (Å²) in [6.07, 6.45) is 6.33. The fourth-order valence-electron chi connectivity index (χ4n) is 4.76. The SMILES string of the molecule is C=c1[nH]n(-c2ccccc2)c(=O)/c1=C\C=C1N2CCCc3cccc(c32)C1(C)C. The van der Waals surface area contributed by atoms with Gasteiger partial charge in [-0.1, -0.05) is 56.8 Å². The molecule has 0 unspecified atom stereocenters. The predicted octanol–water partition coefficient (Wildman–Crippen LogP) is 2.98. The third kappa shape index (κ3) is 2.63. The first-order valence-corrected chi connectivity index (χ1v) is 10.2. The maximum atomic E-state index is 13.0. The highest BCUT2D eigenvalue weighted by molar-refractivity contribution is 5.76. The molecule has 1 aromatic heterocycles. The molecule has 0 spiro atoms. The van der Waals surface area contributed by atoms with Crippen molar-refractivity contribution in [2.75, 3.05) is 11.4 Å². The summed E-state index contributed by atoms with van der Waals surface area (Å²) in [6.45, 7) is 9.62. The van der Waals surface area contributed by atoms with Gasteiger partial charge in [-0.3, -0.25) is 9.89 Å². The van der Waals surface area contributed by atoms with E-state index in [4.69, 9.17) is 0 Å². The van der Waals surface area contributed by atoms with E-state index in [1.54, 1.807) is 4.68 Å². The van der Waals surface area contributed by atoms with E-state index in [1.165, 1.54) is 22.5 Å². The Morgan fingerprint density at radius 2 is 1.86 bits per heavy atom. The molecule has 0 atom stereocenters. The van der Waals surface area contributed by atoms with Crippen molar-refractivity contribution >= 4 is 18.3 Å². The van der Waals surface area contributed by atoms with Gasteiger partial charge in [0, 0.05) is 23.3 Å². The lowest BCUT2D eigenvalue weighted by molar-refractivity contribution is 0.626. The third-order valence-corrected chi connectivity index (χ3v) is 6.25. The molecule has 29 heavy (non-hydrogen) atoms. The molecule has 0 fully saturated rings. The van der Waals surface area contributed by atoms with Crippen molar-refractivity contribution < 1.29 is 0 Å². The summed E-state index contributed by atoms with van der Waals surface area (Å²) in [5, 5.41) is 4.34. The van der Waals surface area contributed by atoms with Crippen LogP contribution in [-0.4, -0.2) is 16.3 Å².